The molecule has 1 unspecified atom stereocenters. The molecule has 1 rings (SSSR count). The zero-order chi connectivity index (χ0) is 11.4. The molecule has 0 aliphatic carbocycles. The van der Waals surface area contributed by atoms with Gasteiger partial charge in [-0.25, -0.2) is 0 Å². The molecule has 2 heteroatoms. The summed E-state index contributed by atoms with van der Waals surface area (Å²) in [4.78, 5) is 11.9. The number of Topliss-reactive ketones (excluding diaryl/α,β-unsaturated/α-hetero) is 1. The van der Waals surface area contributed by atoms with Gasteiger partial charge in [0.15, 0.2) is 0 Å². The molecular formula is C13H17BrO. The van der Waals surface area contributed by atoms with E-state index in [-0.39, 0.29) is 5.92 Å². The minimum absolute atomic E-state index is 0.0191. The molecule has 0 heterocycles. The number of carbonyl (C=O) groups is 1. The largest absolute Gasteiger partial charge is 0.299 e. The number of halogens is 1. The van der Waals surface area contributed by atoms with Gasteiger partial charge in [-0.1, -0.05) is 54.9 Å². The number of benzene rings is 1. The van der Waals surface area contributed by atoms with Crippen LogP contribution in [0.15, 0.2) is 28.7 Å². The van der Waals surface area contributed by atoms with Gasteiger partial charge in [0.05, 0.1) is 0 Å². The summed E-state index contributed by atoms with van der Waals surface area (Å²) in [6.07, 6.45) is 0.601. The molecule has 0 amide bonds. The minimum Gasteiger partial charge on any atom is -0.299 e. The Kier molecular flexibility index (Phi) is 4.52. The van der Waals surface area contributed by atoms with Crippen LogP contribution in [-0.2, 0) is 4.79 Å². The lowest BCUT2D eigenvalue weighted by Crippen LogP contribution is -2.17. The first-order chi connectivity index (χ1) is 7.07. The SMILES string of the molecule is CCC(=O)C(c1ccccc1Br)C(C)C. The molecule has 0 spiro atoms. The number of rotatable bonds is 4. The van der Waals surface area contributed by atoms with Gasteiger partial charge in [-0.2, -0.15) is 0 Å². The van der Waals surface area contributed by atoms with Crippen LogP contribution in [0.3, 0.4) is 0 Å². The van der Waals surface area contributed by atoms with Crippen LogP contribution in [0.1, 0.15) is 38.7 Å². The molecule has 0 saturated heterocycles. The van der Waals surface area contributed by atoms with Crippen molar-refractivity contribution < 1.29 is 4.79 Å². The molecule has 0 fully saturated rings. The Bertz CT molecular complexity index is 344. The molecular weight excluding hydrogens is 252 g/mol. The first-order valence-corrected chi connectivity index (χ1v) is 6.14. The van der Waals surface area contributed by atoms with Crippen LogP contribution in [0.25, 0.3) is 0 Å². The average molecular weight is 269 g/mol. The van der Waals surface area contributed by atoms with Crippen molar-refractivity contribution in [2.75, 3.05) is 0 Å². The fourth-order valence-electron chi connectivity index (χ4n) is 1.85. The van der Waals surface area contributed by atoms with E-state index in [2.05, 4.69) is 29.8 Å². The summed E-state index contributed by atoms with van der Waals surface area (Å²) in [6, 6.07) is 7.98. The van der Waals surface area contributed by atoms with E-state index >= 15 is 0 Å². The lowest BCUT2D eigenvalue weighted by Gasteiger charge is -2.20. The Morgan fingerprint density at radius 1 is 1.33 bits per heavy atom. The molecule has 0 radical (unpaired) electrons. The summed E-state index contributed by atoms with van der Waals surface area (Å²) in [5.74, 6) is 0.679. The van der Waals surface area contributed by atoms with Crippen molar-refractivity contribution in [3.63, 3.8) is 0 Å². The van der Waals surface area contributed by atoms with E-state index < -0.39 is 0 Å². The Morgan fingerprint density at radius 2 is 1.93 bits per heavy atom. The highest BCUT2D eigenvalue weighted by Gasteiger charge is 2.23. The lowest BCUT2D eigenvalue weighted by molar-refractivity contribution is -0.121. The van der Waals surface area contributed by atoms with Crippen LogP contribution in [-0.4, -0.2) is 5.78 Å². The van der Waals surface area contributed by atoms with Crippen LogP contribution < -0.4 is 0 Å². The van der Waals surface area contributed by atoms with Gasteiger partial charge in [0, 0.05) is 16.8 Å². The van der Waals surface area contributed by atoms with Gasteiger partial charge < -0.3 is 0 Å². The Balaban J connectivity index is 3.10. The van der Waals surface area contributed by atoms with E-state index in [0.29, 0.717) is 18.1 Å². The standard InChI is InChI=1S/C13H17BrO/c1-4-12(15)13(9(2)3)10-7-5-6-8-11(10)14/h5-9,13H,4H2,1-3H3. The molecule has 0 aromatic heterocycles. The first-order valence-electron chi connectivity index (χ1n) is 5.35. The smallest absolute Gasteiger partial charge is 0.140 e. The number of ketones is 1. The second-order valence-electron chi connectivity index (χ2n) is 4.06. The van der Waals surface area contributed by atoms with Crippen molar-refractivity contribution >= 4 is 21.7 Å². The quantitative estimate of drug-likeness (QED) is 0.801. The van der Waals surface area contributed by atoms with Gasteiger partial charge >= 0.3 is 0 Å². The van der Waals surface area contributed by atoms with Crippen LogP contribution in [0, 0.1) is 5.92 Å². The van der Waals surface area contributed by atoms with Gasteiger partial charge in [0.1, 0.15) is 5.78 Å². The van der Waals surface area contributed by atoms with E-state index in [1.54, 1.807) is 0 Å². The second kappa shape index (κ2) is 5.45. The van der Waals surface area contributed by atoms with Crippen molar-refractivity contribution in [2.24, 2.45) is 5.92 Å². The highest BCUT2D eigenvalue weighted by Crippen LogP contribution is 2.31. The predicted molar refractivity (Wildman–Crippen MR) is 67.0 cm³/mol. The highest BCUT2D eigenvalue weighted by atomic mass is 79.9. The molecule has 0 bridgehead atoms. The number of carbonyl (C=O) groups excluding carboxylic acids is 1. The maximum atomic E-state index is 11.9. The maximum absolute atomic E-state index is 11.9. The lowest BCUT2D eigenvalue weighted by atomic mass is 9.84. The van der Waals surface area contributed by atoms with Crippen molar-refractivity contribution in [3.05, 3.63) is 34.3 Å². The molecule has 0 N–H and O–H groups in total. The van der Waals surface area contributed by atoms with E-state index in [1.165, 1.54) is 0 Å². The van der Waals surface area contributed by atoms with Crippen LogP contribution in [0.5, 0.6) is 0 Å². The Morgan fingerprint density at radius 3 is 2.40 bits per heavy atom. The Labute approximate surface area is 100 Å². The summed E-state index contributed by atoms with van der Waals surface area (Å²) in [7, 11) is 0. The zero-order valence-electron chi connectivity index (χ0n) is 9.46. The maximum Gasteiger partial charge on any atom is 0.140 e. The molecule has 0 aliphatic rings. The molecule has 1 aromatic rings. The highest BCUT2D eigenvalue weighted by molar-refractivity contribution is 9.10. The molecule has 0 saturated carbocycles. The van der Waals surface area contributed by atoms with Gasteiger partial charge in [-0.05, 0) is 17.5 Å². The van der Waals surface area contributed by atoms with Gasteiger partial charge in [-0.3, -0.25) is 4.79 Å². The summed E-state index contributed by atoms with van der Waals surface area (Å²) < 4.78 is 1.03. The molecule has 1 atom stereocenters. The molecule has 1 nitrogen and oxygen atoms in total. The third-order valence-corrected chi connectivity index (χ3v) is 3.32. The third-order valence-electron chi connectivity index (χ3n) is 2.60. The zero-order valence-corrected chi connectivity index (χ0v) is 11.0. The van der Waals surface area contributed by atoms with Crippen molar-refractivity contribution in [3.8, 4) is 0 Å². The van der Waals surface area contributed by atoms with E-state index in [9.17, 15) is 4.79 Å². The molecule has 0 aliphatic heterocycles. The van der Waals surface area contributed by atoms with Gasteiger partial charge in [-0.15, -0.1) is 0 Å². The van der Waals surface area contributed by atoms with Crippen LogP contribution in [0.2, 0.25) is 0 Å². The predicted octanol–water partition coefficient (Wildman–Crippen LogP) is 4.17. The van der Waals surface area contributed by atoms with Crippen LogP contribution >= 0.6 is 15.9 Å². The first kappa shape index (κ1) is 12.4. The number of hydrogen-bond acceptors (Lipinski definition) is 1. The van der Waals surface area contributed by atoms with E-state index in [1.807, 2.05) is 31.2 Å². The Hall–Kier alpha value is -0.630. The van der Waals surface area contributed by atoms with Crippen molar-refractivity contribution in [1.82, 2.24) is 0 Å². The third kappa shape index (κ3) is 2.91. The second-order valence-corrected chi connectivity index (χ2v) is 4.92. The fourth-order valence-corrected chi connectivity index (χ4v) is 2.38. The normalized spacial score (nSPS) is 12.9. The average Bonchev–Trinajstić information content (AvgIpc) is 2.20. The molecule has 82 valence electrons. The van der Waals surface area contributed by atoms with Gasteiger partial charge in [0.25, 0.3) is 0 Å². The summed E-state index contributed by atoms with van der Waals surface area (Å²) in [5.41, 5.74) is 1.11. The fraction of sp³-hybridized carbons (Fsp3) is 0.462. The van der Waals surface area contributed by atoms with Crippen LogP contribution in [0.4, 0.5) is 0 Å². The summed E-state index contributed by atoms with van der Waals surface area (Å²) in [5, 5.41) is 0. The summed E-state index contributed by atoms with van der Waals surface area (Å²) in [6.45, 7) is 6.11. The van der Waals surface area contributed by atoms with E-state index in [0.717, 1.165) is 10.0 Å². The van der Waals surface area contributed by atoms with Crippen molar-refractivity contribution in [2.45, 2.75) is 33.1 Å². The number of hydrogen-bond donors (Lipinski definition) is 0. The monoisotopic (exact) mass is 268 g/mol. The van der Waals surface area contributed by atoms with E-state index in [4.69, 9.17) is 0 Å². The minimum atomic E-state index is 0.0191. The molecule has 1 aromatic carbocycles. The topological polar surface area (TPSA) is 17.1 Å². The van der Waals surface area contributed by atoms with Gasteiger partial charge in [0.2, 0.25) is 0 Å². The van der Waals surface area contributed by atoms with Crippen molar-refractivity contribution in [1.29, 1.82) is 0 Å². The summed E-state index contributed by atoms with van der Waals surface area (Å²) >= 11 is 3.51. The molecule has 15 heavy (non-hydrogen) atoms.